The lowest BCUT2D eigenvalue weighted by Crippen LogP contribution is -2.34. The number of fused-ring (bicyclic) bond motifs is 1. The second kappa shape index (κ2) is 10.7. The van der Waals surface area contributed by atoms with Gasteiger partial charge in [0.25, 0.3) is 0 Å². The van der Waals surface area contributed by atoms with Gasteiger partial charge in [0.2, 0.25) is 0 Å². The van der Waals surface area contributed by atoms with Crippen molar-refractivity contribution in [3.63, 3.8) is 0 Å². The van der Waals surface area contributed by atoms with Gasteiger partial charge in [-0.25, -0.2) is 8.78 Å². The van der Waals surface area contributed by atoms with Gasteiger partial charge in [-0.1, -0.05) is 39.0 Å². The smallest absolute Gasteiger partial charge is 0.190 e. The molecule has 4 atom stereocenters. The van der Waals surface area contributed by atoms with Crippen molar-refractivity contribution in [2.45, 2.75) is 103 Å². The molecule has 4 unspecified atom stereocenters. The van der Waals surface area contributed by atoms with E-state index in [0.29, 0.717) is 5.92 Å². The van der Waals surface area contributed by atoms with Crippen LogP contribution in [-0.4, -0.2) is 7.11 Å². The number of ether oxygens (including phenoxy) is 1. The van der Waals surface area contributed by atoms with Gasteiger partial charge in [0.05, 0.1) is 7.11 Å². The van der Waals surface area contributed by atoms with Crippen LogP contribution in [0.1, 0.15) is 108 Å². The van der Waals surface area contributed by atoms with Gasteiger partial charge in [0.15, 0.2) is 17.4 Å². The highest BCUT2D eigenvalue weighted by Gasteiger charge is 2.38. The van der Waals surface area contributed by atoms with Crippen LogP contribution in [-0.2, 0) is 0 Å². The van der Waals surface area contributed by atoms with Crippen LogP contribution in [0.2, 0.25) is 0 Å². The molecule has 1 nitrogen and oxygen atoms in total. The second-order valence-corrected chi connectivity index (χ2v) is 10.9. The van der Waals surface area contributed by atoms with E-state index in [1.54, 1.807) is 0 Å². The first-order valence-corrected chi connectivity index (χ1v) is 13.1. The Morgan fingerprint density at radius 1 is 0.774 bits per heavy atom. The summed E-state index contributed by atoms with van der Waals surface area (Å²) in [5, 5.41) is 0. The Morgan fingerprint density at radius 2 is 1.35 bits per heavy atom. The summed E-state index contributed by atoms with van der Waals surface area (Å²) in [5.41, 5.74) is 0.819. The third kappa shape index (κ3) is 5.45. The molecular formula is C28H42F2O. The molecule has 0 amide bonds. The van der Waals surface area contributed by atoms with Gasteiger partial charge in [-0.2, -0.15) is 0 Å². The fourth-order valence-corrected chi connectivity index (χ4v) is 7.33. The highest BCUT2D eigenvalue weighted by atomic mass is 19.1. The van der Waals surface area contributed by atoms with Crippen LogP contribution in [0.5, 0.6) is 5.75 Å². The topological polar surface area (TPSA) is 9.23 Å². The van der Waals surface area contributed by atoms with Crippen molar-refractivity contribution in [1.29, 1.82) is 0 Å². The molecule has 0 saturated heterocycles. The predicted octanol–water partition coefficient (Wildman–Crippen LogP) is 8.66. The van der Waals surface area contributed by atoms with Gasteiger partial charge in [-0.05, 0) is 111 Å². The maximum Gasteiger partial charge on any atom is 0.190 e. The molecule has 3 saturated carbocycles. The summed E-state index contributed by atoms with van der Waals surface area (Å²) in [6, 6.07) is 2.99. The van der Waals surface area contributed by atoms with Crippen molar-refractivity contribution < 1.29 is 13.5 Å². The Hall–Kier alpha value is -1.12. The Balaban J connectivity index is 1.26. The molecule has 174 valence electrons. The molecule has 0 spiro atoms. The summed E-state index contributed by atoms with van der Waals surface area (Å²) in [6.45, 7) is 2.30. The van der Waals surface area contributed by atoms with Crippen LogP contribution in [0.4, 0.5) is 8.78 Å². The van der Waals surface area contributed by atoms with Crippen LogP contribution in [0, 0.1) is 41.2 Å². The van der Waals surface area contributed by atoms with Crippen molar-refractivity contribution in [3.8, 4) is 5.75 Å². The zero-order valence-electron chi connectivity index (χ0n) is 19.7. The monoisotopic (exact) mass is 432 g/mol. The van der Waals surface area contributed by atoms with E-state index in [1.807, 2.05) is 0 Å². The molecule has 1 aromatic carbocycles. The van der Waals surface area contributed by atoms with E-state index in [9.17, 15) is 8.78 Å². The molecule has 0 radical (unpaired) electrons. The van der Waals surface area contributed by atoms with Gasteiger partial charge in [0.1, 0.15) is 0 Å². The standard InChI is InChI=1S/C28H42F2O/c1-3-4-5-6-19-7-8-24-16-23(14-13-22(24)15-19)20-9-11-21(12-10-20)25-17-26(29)28(31-2)27(30)18-25/h17-24H,3-16H2,1-2H3. The summed E-state index contributed by atoms with van der Waals surface area (Å²) >= 11 is 0. The van der Waals surface area contributed by atoms with E-state index in [0.717, 1.165) is 48.0 Å². The number of methoxy groups -OCH3 is 1. The Labute approximate surface area is 188 Å². The number of benzene rings is 1. The molecule has 3 aliphatic rings. The summed E-state index contributed by atoms with van der Waals surface area (Å²) < 4.78 is 33.1. The highest BCUT2D eigenvalue weighted by molar-refractivity contribution is 5.33. The van der Waals surface area contributed by atoms with Crippen LogP contribution in [0.15, 0.2) is 12.1 Å². The van der Waals surface area contributed by atoms with Crippen LogP contribution < -0.4 is 4.74 Å². The quantitative estimate of drug-likeness (QED) is 0.392. The van der Waals surface area contributed by atoms with E-state index in [2.05, 4.69) is 6.92 Å². The van der Waals surface area contributed by atoms with Crippen LogP contribution in [0.25, 0.3) is 0 Å². The zero-order valence-corrected chi connectivity index (χ0v) is 19.7. The molecule has 3 aliphatic carbocycles. The largest absolute Gasteiger partial charge is 0.491 e. The predicted molar refractivity (Wildman–Crippen MR) is 123 cm³/mol. The fourth-order valence-electron chi connectivity index (χ4n) is 7.33. The molecule has 0 aromatic heterocycles. The normalized spacial score (nSPS) is 33.7. The maximum atomic E-state index is 14.1. The molecular weight excluding hydrogens is 390 g/mol. The van der Waals surface area contributed by atoms with Gasteiger partial charge >= 0.3 is 0 Å². The minimum atomic E-state index is -0.566. The van der Waals surface area contributed by atoms with Crippen molar-refractivity contribution >= 4 is 0 Å². The van der Waals surface area contributed by atoms with Gasteiger partial charge < -0.3 is 4.74 Å². The Bertz CT molecular complexity index is 686. The lowest BCUT2D eigenvalue weighted by molar-refractivity contribution is 0.0613. The van der Waals surface area contributed by atoms with Gasteiger partial charge in [-0.3, -0.25) is 0 Å². The van der Waals surface area contributed by atoms with Crippen molar-refractivity contribution in [2.24, 2.45) is 29.6 Å². The molecule has 31 heavy (non-hydrogen) atoms. The summed E-state index contributed by atoms with van der Waals surface area (Å²) in [5.74, 6) is 3.60. The lowest BCUT2D eigenvalue weighted by Gasteiger charge is -2.45. The molecule has 0 aliphatic heterocycles. The summed E-state index contributed by atoms with van der Waals surface area (Å²) in [6.07, 6.45) is 19.0. The average Bonchev–Trinajstić information content (AvgIpc) is 2.79. The first kappa shape index (κ1) is 23.1. The van der Waals surface area contributed by atoms with Crippen LogP contribution in [0.3, 0.4) is 0 Å². The maximum absolute atomic E-state index is 14.1. The van der Waals surface area contributed by atoms with Crippen LogP contribution >= 0.6 is 0 Å². The average molecular weight is 433 g/mol. The third-order valence-electron chi connectivity index (χ3n) is 9.11. The van der Waals surface area contributed by atoms with E-state index in [4.69, 9.17) is 4.74 Å². The molecule has 0 N–H and O–H groups in total. The first-order chi connectivity index (χ1) is 15.1. The molecule has 4 rings (SSSR count). The molecule has 1 aromatic rings. The molecule has 3 heteroatoms. The molecule has 3 fully saturated rings. The van der Waals surface area contributed by atoms with E-state index >= 15 is 0 Å². The fraction of sp³-hybridized carbons (Fsp3) is 0.786. The van der Waals surface area contributed by atoms with Crippen molar-refractivity contribution in [2.75, 3.05) is 7.11 Å². The minimum absolute atomic E-state index is 0.255. The summed E-state index contributed by atoms with van der Waals surface area (Å²) in [4.78, 5) is 0. The molecule has 0 bridgehead atoms. The van der Waals surface area contributed by atoms with Gasteiger partial charge in [-0.15, -0.1) is 0 Å². The van der Waals surface area contributed by atoms with E-state index < -0.39 is 11.6 Å². The van der Waals surface area contributed by atoms with E-state index in [1.165, 1.54) is 96.3 Å². The molecule has 0 heterocycles. The lowest BCUT2D eigenvalue weighted by atomic mass is 9.60. The number of hydrogen-bond acceptors (Lipinski definition) is 1. The van der Waals surface area contributed by atoms with Crippen molar-refractivity contribution in [1.82, 2.24) is 0 Å². The number of unbranched alkanes of at least 4 members (excludes halogenated alkanes) is 2. The van der Waals surface area contributed by atoms with E-state index in [-0.39, 0.29) is 5.75 Å². The Morgan fingerprint density at radius 3 is 2.00 bits per heavy atom. The number of rotatable bonds is 7. The second-order valence-electron chi connectivity index (χ2n) is 10.9. The first-order valence-electron chi connectivity index (χ1n) is 13.1. The minimum Gasteiger partial charge on any atom is -0.491 e. The zero-order chi connectivity index (χ0) is 21.8. The number of hydrogen-bond donors (Lipinski definition) is 0. The highest BCUT2D eigenvalue weighted by Crippen LogP contribution is 2.50. The summed E-state index contributed by atoms with van der Waals surface area (Å²) in [7, 11) is 1.32. The van der Waals surface area contributed by atoms with Crippen molar-refractivity contribution in [3.05, 3.63) is 29.3 Å². The van der Waals surface area contributed by atoms with Gasteiger partial charge in [0, 0.05) is 0 Å². The Kier molecular flexibility index (Phi) is 7.93. The third-order valence-corrected chi connectivity index (χ3v) is 9.11. The number of halogens is 2. The SMILES string of the molecule is CCCCCC1CCC2CC(C3CCC(c4cc(F)c(OC)c(F)c4)CC3)CCC2C1.